The molecule has 6 heteroatoms. The molecule has 1 N–H and O–H groups in total. The summed E-state index contributed by atoms with van der Waals surface area (Å²) in [7, 11) is 0. The molecule has 0 saturated heterocycles. The summed E-state index contributed by atoms with van der Waals surface area (Å²) >= 11 is 11.8. The summed E-state index contributed by atoms with van der Waals surface area (Å²) in [6.07, 6.45) is 2.10. The lowest BCUT2D eigenvalue weighted by molar-refractivity contribution is 0.375. The molecule has 90 valence electrons. The molecule has 1 aromatic carbocycles. The van der Waals surface area contributed by atoms with Crippen molar-refractivity contribution in [2.75, 3.05) is 6.54 Å². The Hall–Kier alpha value is -1.10. The van der Waals surface area contributed by atoms with Gasteiger partial charge in [0.15, 0.2) is 6.33 Å². The molecule has 0 atom stereocenters. The average Bonchev–Trinajstić information content (AvgIpc) is 2.76. The van der Waals surface area contributed by atoms with Gasteiger partial charge in [-0.05, 0) is 23.8 Å². The molecule has 0 aliphatic carbocycles. The van der Waals surface area contributed by atoms with Crippen LogP contribution in [0.15, 0.2) is 29.0 Å². The van der Waals surface area contributed by atoms with Gasteiger partial charge in [-0.15, -0.1) is 0 Å². The van der Waals surface area contributed by atoms with Gasteiger partial charge in [0.25, 0.3) is 0 Å². The zero-order chi connectivity index (χ0) is 12.1. The highest BCUT2D eigenvalue weighted by Crippen LogP contribution is 2.18. The van der Waals surface area contributed by atoms with Crippen molar-refractivity contribution in [3.63, 3.8) is 0 Å². The Bertz CT molecular complexity index is 453. The Morgan fingerprint density at radius 1 is 1.18 bits per heavy atom. The Labute approximate surface area is 109 Å². The quantitative estimate of drug-likeness (QED) is 0.850. The molecule has 2 aromatic rings. The third-order valence-electron chi connectivity index (χ3n) is 2.17. The number of hydrogen-bond acceptors (Lipinski definition) is 4. The molecule has 0 amide bonds. The van der Waals surface area contributed by atoms with Crippen LogP contribution in [0.25, 0.3) is 0 Å². The molecule has 0 fully saturated rings. The number of hydrogen-bond donors (Lipinski definition) is 1. The van der Waals surface area contributed by atoms with Gasteiger partial charge in [0.1, 0.15) is 0 Å². The van der Waals surface area contributed by atoms with Crippen LogP contribution in [0.5, 0.6) is 0 Å². The fourth-order valence-corrected chi connectivity index (χ4v) is 2.02. The van der Waals surface area contributed by atoms with Crippen LogP contribution < -0.4 is 5.32 Å². The first-order valence-corrected chi connectivity index (χ1v) is 5.91. The number of nitrogens with one attached hydrogen (secondary N) is 1. The summed E-state index contributed by atoms with van der Waals surface area (Å²) in [5, 5.41) is 8.07. The van der Waals surface area contributed by atoms with E-state index in [9.17, 15) is 0 Å². The molecule has 0 aliphatic heterocycles. The van der Waals surface area contributed by atoms with Crippen molar-refractivity contribution in [3.05, 3.63) is 46.0 Å². The van der Waals surface area contributed by atoms with E-state index in [2.05, 4.69) is 15.5 Å². The second-order valence-corrected chi connectivity index (χ2v) is 4.41. The minimum Gasteiger partial charge on any atom is -0.340 e. The van der Waals surface area contributed by atoms with Crippen LogP contribution in [0, 0.1) is 0 Å². The van der Waals surface area contributed by atoms with Crippen LogP contribution in [-0.4, -0.2) is 16.7 Å². The highest BCUT2D eigenvalue weighted by molar-refractivity contribution is 6.34. The molecule has 17 heavy (non-hydrogen) atoms. The molecule has 2 rings (SSSR count). The van der Waals surface area contributed by atoms with Crippen LogP contribution in [0.1, 0.15) is 11.5 Å². The second-order valence-electron chi connectivity index (χ2n) is 3.54. The van der Waals surface area contributed by atoms with Crippen molar-refractivity contribution in [2.24, 2.45) is 0 Å². The van der Waals surface area contributed by atoms with Gasteiger partial charge in [0.05, 0.1) is 0 Å². The van der Waals surface area contributed by atoms with Gasteiger partial charge in [-0.2, -0.15) is 4.98 Å². The zero-order valence-corrected chi connectivity index (χ0v) is 10.5. The normalized spacial score (nSPS) is 10.7. The molecule has 4 nitrogen and oxygen atoms in total. The first-order chi connectivity index (χ1) is 8.24. The van der Waals surface area contributed by atoms with Crippen LogP contribution >= 0.6 is 23.2 Å². The number of benzene rings is 1. The first-order valence-electron chi connectivity index (χ1n) is 5.15. The number of aromatic nitrogens is 2. The van der Waals surface area contributed by atoms with E-state index < -0.39 is 0 Å². The Kier molecular flexibility index (Phi) is 4.36. The van der Waals surface area contributed by atoms with Gasteiger partial charge < -0.3 is 9.84 Å². The number of rotatable bonds is 5. The van der Waals surface area contributed by atoms with Crippen LogP contribution in [0.4, 0.5) is 0 Å². The third-order valence-corrected chi connectivity index (χ3v) is 2.61. The topological polar surface area (TPSA) is 51.0 Å². The Morgan fingerprint density at radius 2 is 1.94 bits per heavy atom. The summed E-state index contributed by atoms with van der Waals surface area (Å²) in [6.45, 7) is 1.46. The van der Waals surface area contributed by atoms with Crippen molar-refractivity contribution < 1.29 is 4.52 Å². The van der Waals surface area contributed by atoms with E-state index >= 15 is 0 Å². The maximum atomic E-state index is 5.90. The fourth-order valence-electron chi connectivity index (χ4n) is 1.45. The summed E-state index contributed by atoms with van der Waals surface area (Å²) in [4.78, 5) is 3.93. The molecule has 0 bridgehead atoms. The van der Waals surface area contributed by atoms with E-state index in [0.29, 0.717) is 28.9 Å². The van der Waals surface area contributed by atoms with Gasteiger partial charge >= 0.3 is 0 Å². The molecule has 0 saturated carbocycles. The standard InChI is InChI=1S/C11H11Cl2N3O/c12-9-3-8(4-10(13)5-9)6-14-2-1-11-15-7-16-17-11/h3-5,7,14H,1-2,6H2. The second kappa shape index (κ2) is 6.00. The lowest BCUT2D eigenvalue weighted by Gasteiger charge is -2.04. The maximum absolute atomic E-state index is 5.90. The molecule has 1 aromatic heterocycles. The van der Waals surface area contributed by atoms with Gasteiger partial charge in [0, 0.05) is 29.6 Å². The van der Waals surface area contributed by atoms with E-state index in [0.717, 1.165) is 12.1 Å². The maximum Gasteiger partial charge on any atom is 0.227 e. The van der Waals surface area contributed by atoms with Crippen molar-refractivity contribution in [3.8, 4) is 0 Å². The van der Waals surface area contributed by atoms with E-state index in [1.807, 2.05) is 12.1 Å². The Morgan fingerprint density at radius 3 is 2.59 bits per heavy atom. The van der Waals surface area contributed by atoms with Crippen molar-refractivity contribution in [1.82, 2.24) is 15.5 Å². The van der Waals surface area contributed by atoms with E-state index in [4.69, 9.17) is 27.7 Å². The van der Waals surface area contributed by atoms with Gasteiger partial charge in [-0.1, -0.05) is 28.4 Å². The van der Waals surface area contributed by atoms with Crippen molar-refractivity contribution in [2.45, 2.75) is 13.0 Å². The van der Waals surface area contributed by atoms with Crippen LogP contribution in [0.2, 0.25) is 10.0 Å². The molecule has 0 spiro atoms. The first kappa shape index (κ1) is 12.4. The average molecular weight is 272 g/mol. The van der Waals surface area contributed by atoms with E-state index in [1.165, 1.54) is 6.33 Å². The number of nitrogens with zero attached hydrogens (tertiary/aromatic N) is 2. The summed E-state index contributed by atoms with van der Waals surface area (Å²) in [5.74, 6) is 0.627. The molecular weight excluding hydrogens is 261 g/mol. The summed E-state index contributed by atoms with van der Waals surface area (Å²) < 4.78 is 4.88. The SMILES string of the molecule is Clc1cc(Cl)cc(CNCCc2ncno2)c1. The third kappa shape index (κ3) is 4.00. The summed E-state index contributed by atoms with van der Waals surface area (Å²) in [5.41, 5.74) is 1.05. The fraction of sp³-hybridized carbons (Fsp3) is 0.273. The summed E-state index contributed by atoms with van der Waals surface area (Å²) in [6, 6.07) is 5.48. The lowest BCUT2D eigenvalue weighted by Crippen LogP contribution is -2.16. The molecule has 1 heterocycles. The molecular formula is C11H11Cl2N3O. The molecule has 0 aliphatic rings. The van der Waals surface area contributed by atoms with Crippen molar-refractivity contribution >= 4 is 23.2 Å². The monoisotopic (exact) mass is 271 g/mol. The minimum atomic E-state index is 0.627. The van der Waals surface area contributed by atoms with E-state index in [1.54, 1.807) is 6.07 Å². The predicted octanol–water partition coefficient (Wildman–Crippen LogP) is 2.71. The van der Waals surface area contributed by atoms with Crippen LogP contribution in [-0.2, 0) is 13.0 Å². The molecule has 0 unspecified atom stereocenters. The highest BCUT2D eigenvalue weighted by Gasteiger charge is 2.00. The van der Waals surface area contributed by atoms with Gasteiger partial charge in [-0.25, -0.2) is 0 Å². The zero-order valence-electron chi connectivity index (χ0n) is 8.99. The van der Waals surface area contributed by atoms with Crippen molar-refractivity contribution in [1.29, 1.82) is 0 Å². The number of halogens is 2. The molecule has 0 radical (unpaired) electrons. The van der Waals surface area contributed by atoms with Crippen LogP contribution in [0.3, 0.4) is 0 Å². The Balaban J connectivity index is 1.78. The van der Waals surface area contributed by atoms with Gasteiger partial charge in [-0.3, -0.25) is 0 Å². The lowest BCUT2D eigenvalue weighted by atomic mass is 10.2. The highest BCUT2D eigenvalue weighted by atomic mass is 35.5. The van der Waals surface area contributed by atoms with Gasteiger partial charge in [0.2, 0.25) is 5.89 Å². The van der Waals surface area contributed by atoms with E-state index in [-0.39, 0.29) is 0 Å². The smallest absolute Gasteiger partial charge is 0.227 e. The minimum absolute atomic E-state index is 0.627. The largest absolute Gasteiger partial charge is 0.340 e. The predicted molar refractivity (Wildman–Crippen MR) is 66.2 cm³/mol.